The van der Waals surface area contributed by atoms with Crippen molar-refractivity contribution in [3.63, 3.8) is 0 Å². The van der Waals surface area contributed by atoms with Gasteiger partial charge in [-0.2, -0.15) is 0 Å². The molecule has 44 heavy (non-hydrogen) atoms. The van der Waals surface area contributed by atoms with Crippen molar-refractivity contribution in [1.29, 1.82) is 0 Å². The molecule has 12 heteroatoms. The summed E-state index contributed by atoms with van der Waals surface area (Å²) >= 11 is 6.67. The second-order valence-electron chi connectivity index (χ2n) is 9.61. The molecule has 0 bridgehead atoms. The van der Waals surface area contributed by atoms with E-state index in [0.717, 1.165) is 64.2 Å². The van der Waals surface area contributed by atoms with E-state index in [2.05, 4.69) is 17.5 Å². The number of nitro groups is 1. The number of hydrogen-bond donors (Lipinski definition) is 1. The molecule has 2 aromatic carbocycles. The number of fused-ring (bicyclic) bond motifs is 2. The third-order valence-corrected chi connectivity index (χ3v) is 11.3. The standard InChI is InChI=1S/C16H11NO4S2.C16H13NO2S2/c18-17(19)11-5-3-10(4-6-11)15-13-14(21-8-7-20-13)16(23-15)12-2-1-9-22-12;17-11-5-3-10(4-6-11)15-13-14(19-8-7-18-13)16(21-15)12-2-1-9-20-12/h1-6,9H,7-8H2;1-6,9H,7-8,17H2. The monoisotopic (exact) mass is 660 g/mol. The van der Waals surface area contributed by atoms with Gasteiger partial charge in [-0.05, 0) is 58.3 Å². The molecule has 0 spiro atoms. The Morgan fingerprint density at radius 1 is 0.591 bits per heavy atom. The van der Waals surface area contributed by atoms with Gasteiger partial charge in [0.1, 0.15) is 26.4 Å². The summed E-state index contributed by atoms with van der Waals surface area (Å²) in [5, 5.41) is 14.9. The van der Waals surface area contributed by atoms with Crippen molar-refractivity contribution in [1.82, 2.24) is 0 Å². The third kappa shape index (κ3) is 5.52. The quantitative estimate of drug-likeness (QED) is 0.112. The Bertz CT molecular complexity index is 1890. The molecule has 2 N–H and O–H groups in total. The van der Waals surface area contributed by atoms with E-state index < -0.39 is 4.92 Å². The van der Waals surface area contributed by atoms with Gasteiger partial charge >= 0.3 is 0 Å². The van der Waals surface area contributed by atoms with Gasteiger partial charge in [-0.25, -0.2) is 0 Å². The topological polar surface area (TPSA) is 106 Å². The smallest absolute Gasteiger partial charge is 0.269 e. The van der Waals surface area contributed by atoms with Crippen molar-refractivity contribution in [3.8, 4) is 63.4 Å². The summed E-state index contributed by atoms with van der Waals surface area (Å²) < 4.78 is 23.4. The Morgan fingerprint density at radius 3 is 1.39 bits per heavy atom. The van der Waals surface area contributed by atoms with E-state index in [1.54, 1.807) is 57.5 Å². The number of nitrogens with two attached hydrogens (primary N) is 1. The van der Waals surface area contributed by atoms with Crippen LogP contribution in [0.5, 0.6) is 23.0 Å². The van der Waals surface area contributed by atoms with Crippen LogP contribution in [0, 0.1) is 10.1 Å². The van der Waals surface area contributed by atoms with Crippen LogP contribution in [0.2, 0.25) is 0 Å². The summed E-state index contributed by atoms with van der Waals surface area (Å²) in [6, 6.07) is 22.6. The fraction of sp³-hybridized carbons (Fsp3) is 0.125. The fourth-order valence-corrected chi connectivity index (χ4v) is 8.88. The van der Waals surface area contributed by atoms with Crippen LogP contribution in [0.1, 0.15) is 0 Å². The maximum atomic E-state index is 10.8. The van der Waals surface area contributed by atoms with Crippen molar-refractivity contribution in [2.75, 3.05) is 32.2 Å². The summed E-state index contributed by atoms with van der Waals surface area (Å²) in [5.74, 6) is 3.25. The maximum Gasteiger partial charge on any atom is 0.269 e. The summed E-state index contributed by atoms with van der Waals surface area (Å²) in [7, 11) is 0. The van der Waals surface area contributed by atoms with Crippen molar-refractivity contribution in [2.24, 2.45) is 0 Å². The zero-order valence-corrected chi connectivity index (χ0v) is 26.3. The molecule has 222 valence electrons. The summed E-state index contributed by atoms with van der Waals surface area (Å²) in [4.78, 5) is 17.0. The first kappa shape index (κ1) is 28.4. The van der Waals surface area contributed by atoms with Crippen molar-refractivity contribution in [2.45, 2.75) is 0 Å². The highest BCUT2D eigenvalue weighted by Crippen LogP contribution is 2.55. The van der Waals surface area contributed by atoms with Gasteiger partial charge in [0, 0.05) is 27.6 Å². The van der Waals surface area contributed by atoms with Crippen LogP contribution >= 0.6 is 45.3 Å². The molecule has 0 fully saturated rings. The first-order valence-electron chi connectivity index (χ1n) is 13.6. The highest BCUT2D eigenvalue weighted by atomic mass is 32.1. The van der Waals surface area contributed by atoms with E-state index >= 15 is 0 Å². The van der Waals surface area contributed by atoms with E-state index in [9.17, 15) is 10.1 Å². The first-order valence-corrected chi connectivity index (χ1v) is 17.0. The molecule has 8 nitrogen and oxygen atoms in total. The lowest BCUT2D eigenvalue weighted by molar-refractivity contribution is -0.384. The second kappa shape index (κ2) is 12.3. The molecular weight excluding hydrogens is 637 g/mol. The van der Waals surface area contributed by atoms with Gasteiger partial charge in [0.05, 0.1) is 24.4 Å². The van der Waals surface area contributed by atoms with E-state index in [4.69, 9.17) is 24.7 Å². The zero-order valence-electron chi connectivity index (χ0n) is 23.0. The molecule has 6 aromatic rings. The van der Waals surface area contributed by atoms with Crippen LogP contribution in [0.25, 0.3) is 40.4 Å². The van der Waals surface area contributed by atoms with Gasteiger partial charge in [0.25, 0.3) is 5.69 Å². The number of nitro benzene ring substituents is 1. The van der Waals surface area contributed by atoms with Gasteiger partial charge in [0.2, 0.25) is 0 Å². The fourth-order valence-electron chi connectivity index (χ4n) is 4.79. The van der Waals surface area contributed by atoms with E-state index in [0.29, 0.717) is 26.4 Å². The molecule has 2 aliphatic heterocycles. The number of nitrogen functional groups attached to an aromatic ring is 1. The van der Waals surface area contributed by atoms with E-state index in [1.165, 1.54) is 17.0 Å². The molecule has 0 saturated heterocycles. The highest BCUT2D eigenvalue weighted by molar-refractivity contribution is 7.24. The number of nitrogens with zero attached hydrogens (tertiary/aromatic N) is 1. The number of ether oxygens (including phenoxy) is 4. The largest absolute Gasteiger partial charge is 0.485 e. The number of non-ortho nitro benzene ring substituents is 1. The number of hydrogen-bond acceptors (Lipinski definition) is 11. The highest BCUT2D eigenvalue weighted by Gasteiger charge is 2.28. The number of anilines is 1. The number of rotatable bonds is 5. The van der Waals surface area contributed by atoms with Crippen LogP contribution in [-0.4, -0.2) is 31.4 Å². The minimum absolute atomic E-state index is 0.0785. The zero-order chi connectivity index (χ0) is 30.0. The summed E-state index contributed by atoms with van der Waals surface area (Å²) in [6.07, 6.45) is 0. The molecule has 0 saturated carbocycles. The Hall–Kier alpha value is -4.36. The molecule has 0 radical (unpaired) electrons. The summed E-state index contributed by atoms with van der Waals surface area (Å²) in [5.41, 5.74) is 8.62. The van der Waals surface area contributed by atoms with Crippen molar-refractivity contribution in [3.05, 3.63) is 93.7 Å². The van der Waals surface area contributed by atoms with Crippen LogP contribution < -0.4 is 24.7 Å². The first-order chi connectivity index (χ1) is 21.6. The minimum Gasteiger partial charge on any atom is -0.485 e. The second-order valence-corrected chi connectivity index (χ2v) is 13.5. The van der Waals surface area contributed by atoms with Gasteiger partial charge in [0.15, 0.2) is 23.0 Å². The average Bonchev–Trinajstić information content (AvgIpc) is 3.88. The van der Waals surface area contributed by atoms with Crippen molar-refractivity contribution < 1.29 is 23.9 Å². The van der Waals surface area contributed by atoms with Crippen LogP contribution in [-0.2, 0) is 0 Å². The van der Waals surface area contributed by atoms with Gasteiger partial charge in [-0.15, -0.1) is 45.3 Å². The Balaban J connectivity index is 0.000000143. The van der Waals surface area contributed by atoms with E-state index in [1.807, 2.05) is 41.8 Å². The Kier molecular flexibility index (Phi) is 7.96. The molecule has 0 atom stereocenters. The molecule has 4 aromatic heterocycles. The molecule has 0 unspecified atom stereocenters. The summed E-state index contributed by atoms with van der Waals surface area (Å²) in [6.45, 7) is 2.23. The van der Waals surface area contributed by atoms with Crippen molar-refractivity contribution >= 4 is 56.7 Å². The van der Waals surface area contributed by atoms with Crippen LogP contribution in [0.3, 0.4) is 0 Å². The molecule has 6 heterocycles. The van der Waals surface area contributed by atoms with Crippen LogP contribution in [0.4, 0.5) is 11.4 Å². The lowest BCUT2D eigenvalue weighted by Crippen LogP contribution is -2.14. The molecule has 0 amide bonds. The molecule has 8 rings (SSSR count). The molecule has 0 aliphatic carbocycles. The lowest BCUT2D eigenvalue weighted by Gasteiger charge is -2.17. The predicted octanol–water partition coefficient (Wildman–Crippen LogP) is 9.32. The molecular formula is C32H24N2O6S4. The Morgan fingerprint density at radius 2 is 1.00 bits per heavy atom. The number of thiophene rings is 4. The SMILES string of the molecule is Nc1ccc(-c2sc(-c3cccs3)c3c2OCCO3)cc1.O=[N+]([O-])c1ccc(-c2sc(-c3cccs3)c3c2OCCO3)cc1. The Labute approximate surface area is 268 Å². The van der Waals surface area contributed by atoms with Gasteiger partial charge in [-0.3, -0.25) is 10.1 Å². The predicted molar refractivity (Wildman–Crippen MR) is 179 cm³/mol. The van der Waals surface area contributed by atoms with Gasteiger partial charge < -0.3 is 24.7 Å². The van der Waals surface area contributed by atoms with E-state index in [-0.39, 0.29) is 5.69 Å². The lowest BCUT2D eigenvalue weighted by atomic mass is 10.1. The minimum atomic E-state index is -0.398. The van der Waals surface area contributed by atoms with Gasteiger partial charge in [-0.1, -0.05) is 24.3 Å². The normalized spacial score (nSPS) is 13.2. The number of benzene rings is 2. The molecule has 2 aliphatic rings. The third-order valence-electron chi connectivity index (χ3n) is 6.80. The average molecular weight is 661 g/mol. The van der Waals surface area contributed by atoms with Crippen LogP contribution in [0.15, 0.2) is 83.6 Å². The maximum absolute atomic E-state index is 10.8.